The quantitative estimate of drug-likeness (QED) is 0.431. The molecule has 6 N–H and O–H groups in total. The molecule has 20 heavy (non-hydrogen) atoms. The zero-order chi connectivity index (χ0) is 14.8. The molecule has 0 fully saturated rings. The molecule has 0 radical (unpaired) electrons. The van der Waals surface area contributed by atoms with Gasteiger partial charge in [-0.3, -0.25) is 0 Å². The van der Waals surface area contributed by atoms with Gasteiger partial charge in [-0.1, -0.05) is 0 Å². The summed E-state index contributed by atoms with van der Waals surface area (Å²) in [5, 5.41) is 7.19. The van der Waals surface area contributed by atoms with E-state index in [1.807, 2.05) is 0 Å². The number of rotatable bonds is 12. The molecule has 0 aliphatic rings. The molecule has 0 unspecified atom stereocenters. The molecule has 0 heterocycles. The number of amides is 1. The second-order valence-electron chi connectivity index (χ2n) is 3.16. The monoisotopic (exact) mass is 300 g/mol. The van der Waals surface area contributed by atoms with E-state index in [0.717, 1.165) is 0 Å². The van der Waals surface area contributed by atoms with Crippen LogP contribution in [0.2, 0.25) is 0 Å². The Morgan fingerprint density at radius 2 is 1.00 bits per heavy atom. The van der Waals surface area contributed by atoms with Crippen LogP contribution < -0.4 is 11.9 Å². The van der Waals surface area contributed by atoms with E-state index in [1.54, 1.807) is 14.2 Å². The van der Waals surface area contributed by atoms with Crippen LogP contribution in [0, 0.1) is 0 Å². The Morgan fingerprint density at radius 3 is 1.20 bits per heavy atom. The van der Waals surface area contributed by atoms with Crippen molar-refractivity contribution in [1.29, 1.82) is 0 Å². The van der Waals surface area contributed by atoms with Gasteiger partial charge in [0.05, 0.1) is 52.9 Å². The van der Waals surface area contributed by atoms with Gasteiger partial charge in [0.2, 0.25) is 0 Å². The van der Waals surface area contributed by atoms with Gasteiger partial charge < -0.3 is 40.7 Å². The maximum Gasteiger partial charge on any atom is 0.402 e. The summed E-state index contributed by atoms with van der Waals surface area (Å²) in [4.78, 5) is 8.78. The van der Waals surface area contributed by atoms with E-state index in [0.29, 0.717) is 52.9 Å². The van der Waals surface area contributed by atoms with Gasteiger partial charge in [0.25, 0.3) is 0 Å². The molecule has 0 aromatic rings. The van der Waals surface area contributed by atoms with Crippen molar-refractivity contribution >= 4 is 6.09 Å². The third-order valence-corrected chi connectivity index (χ3v) is 1.61. The van der Waals surface area contributed by atoms with Gasteiger partial charge in [0.1, 0.15) is 0 Å². The Balaban J connectivity index is -0.000000508. The maximum absolute atomic E-state index is 8.78. The zero-order valence-corrected chi connectivity index (χ0v) is 12.3. The first kappa shape index (κ1) is 24.1. The topological polar surface area (TPSA) is 144 Å². The van der Waals surface area contributed by atoms with Crippen molar-refractivity contribution in [2.75, 3.05) is 67.1 Å². The van der Waals surface area contributed by atoms with Gasteiger partial charge in [0.15, 0.2) is 0 Å². The lowest BCUT2D eigenvalue weighted by Gasteiger charge is -2.06. The number of hydrogen-bond donors (Lipinski definition) is 3. The number of carbonyl (C=O) groups is 1. The van der Waals surface area contributed by atoms with E-state index >= 15 is 0 Å². The number of methoxy groups -OCH3 is 2. The Kier molecular flexibility index (Phi) is 27.9. The minimum Gasteiger partial charge on any atom is -0.465 e. The molecule has 0 spiro atoms. The van der Waals surface area contributed by atoms with Gasteiger partial charge in [0, 0.05) is 14.2 Å². The minimum absolute atomic E-state index is 0. The highest BCUT2D eigenvalue weighted by Crippen LogP contribution is 1.81. The summed E-state index contributed by atoms with van der Waals surface area (Å²) in [6.07, 6.45) is -1.33. The number of ether oxygens (including phenoxy) is 5. The van der Waals surface area contributed by atoms with E-state index in [2.05, 4.69) is 5.73 Å². The standard InChI is InChI=1S/C10H22O5.CH3NO2.H3N/c1-11-3-5-13-7-9-15-10-8-14-6-4-12-2;2-1(3)4;/h3-10H2,1-2H3;2H2,(H,3,4);1H3. The molecule has 0 atom stereocenters. The maximum atomic E-state index is 8.78. The number of hydrogen-bond acceptors (Lipinski definition) is 7. The second-order valence-corrected chi connectivity index (χ2v) is 3.16. The average molecular weight is 300 g/mol. The third kappa shape index (κ3) is 36.0. The number of primary amides is 1. The molecule has 0 bridgehead atoms. The first-order valence-corrected chi connectivity index (χ1v) is 5.84. The normalized spacial score (nSPS) is 9.30. The second kappa shape index (κ2) is 23.1. The van der Waals surface area contributed by atoms with Gasteiger partial charge >= 0.3 is 6.09 Å². The lowest BCUT2D eigenvalue weighted by atomic mass is 10.7. The van der Waals surface area contributed by atoms with E-state index in [9.17, 15) is 0 Å². The highest BCUT2D eigenvalue weighted by Gasteiger charge is 1.91. The summed E-state index contributed by atoms with van der Waals surface area (Å²) in [5.74, 6) is 0. The number of carboxylic acid groups (broad SMARTS) is 1. The van der Waals surface area contributed by atoms with Gasteiger partial charge in [-0.2, -0.15) is 0 Å². The van der Waals surface area contributed by atoms with Crippen LogP contribution >= 0.6 is 0 Å². The van der Waals surface area contributed by atoms with Crippen molar-refractivity contribution < 1.29 is 33.6 Å². The molecule has 124 valence electrons. The highest BCUT2D eigenvalue weighted by molar-refractivity contribution is 5.61. The van der Waals surface area contributed by atoms with Crippen molar-refractivity contribution in [2.45, 2.75) is 0 Å². The van der Waals surface area contributed by atoms with Crippen LogP contribution in [-0.2, 0) is 23.7 Å². The third-order valence-electron chi connectivity index (χ3n) is 1.61. The van der Waals surface area contributed by atoms with Crippen LogP contribution in [0.25, 0.3) is 0 Å². The highest BCUT2D eigenvalue weighted by atomic mass is 16.6. The van der Waals surface area contributed by atoms with E-state index in [1.165, 1.54) is 0 Å². The largest absolute Gasteiger partial charge is 0.465 e. The lowest BCUT2D eigenvalue weighted by molar-refractivity contribution is -0.00380. The molecule has 0 aliphatic heterocycles. The molecule has 0 aromatic heterocycles. The fourth-order valence-corrected chi connectivity index (χ4v) is 0.826. The van der Waals surface area contributed by atoms with Crippen LogP contribution in [0.1, 0.15) is 0 Å². The van der Waals surface area contributed by atoms with E-state index in [4.69, 9.17) is 33.6 Å². The molecule has 1 amide bonds. The Hall–Kier alpha value is -0.970. The summed E-state index contributed by atoms with van der Waals surface area (Å²) in [7, 11) is 3.30. The molecular weight excluding hydrogens is 272 g/mol. The Bertz CT molecular complexity index is 168. The minimum atomic E-state index is -1.33. The Labute approximate surface area is 119 Å². The molecule has 0 saturated heterocycles. The molecule has 0 rings (SSSR count). The summed E-state index contributed by atoms with van der Waals surface area (Å²) < 4.78 is 25.3. The van der Waals surface area contributed by atoms with Crippen molar-refractivity contribution in [3.63, 3.8) is 0 Å². The van der Waals surface area contributed by atoms with Crippen LogP contribution in [-0.4, -0.2) is 78.3 Å². The predicted molar refractivity (Wildman–Crippen MR) is 73.4 cm³/mol. The van der Waals surface area contributed by atoms with Crippen LogP contribution in [0.3, 0.4) is 0 Å². The van der Waals surface area contributed by atoms with Gasteiger partial charge in [-0.15, -0.1) is 0 Å². The Morgan fingerprint density at radius 1 is 0.800 bits per heavy atom. The van der Waals surface area contributed by atoms with Gasteiger partial charge in [-0.05, 0) is 0 Å². The molecule has 0 aromatic carbocycles. The molecule has 9 nitrogen and oxygen atoms in total. The summed E-state index contributed by atoms with van der Waals surface area (Å²) in [6.45, 7) is 4.87. The molecule has 9 heteroatoms. The summed E-state index contributed by atoms with van der Waals surface area (Å²) in [5.41, 5.74) is 4.03. The fourth-order valence-electron chi connectivity index (χ4n) is 0.826. The van der Waals surface area contributed by atoms with Crippen molar-refractivity contribution in [3.8, 4) is 0 Å². The van der Waals surface area contributed by atoms with Gasteiger partial charge in [-0.25, -0.2) is 4.79 Å². The summed E-state index contributed by atoms with van der Waals surface area (Å²) in [6, 6.07) is 0. The smallest absolute Gasteiger partial charge is 0.402 e. The number of nitrogens with two attached hydrogens (primary N) is 1. The van der Waals surface area contributed by atoms with Crippen LogP contribution in [0.5, 0.6) is 0 Å². The first-order chi connectivity index (χ1) is 9.15. The SMILES string of the molecule is COCCOCCOCCOCCOC.N.NC(=O)O. The zero-order valence-electron chi connectivity index (χ0n) is 12.3. The fraction of sp³-hybridized carbons (Fsp3) is 0.909. The van der Waals surface area contributed by atoms with E-state index < -0.39 is 6.09 Å². The van der Waals surface area contributed by atoms with Crippen LogP contribution in [0.4, 0.5) is 4.79 Å². The van der Waals surface area contributed by atoms with Crippen LogP contribution in [0.15, 0.2) is 0 Å². The van der Waals surface area contributed by atoms with Crippen molar-refractivity contribution in [3.05, 3.63) is 0 Å². The van der Waals surface area contributed by atoms with Crippen molar-refractivity contribution in [1.82, 2.24) is 6.15 Å². The van der Waals surface area contributed by atoms with E-state index in [-0.39, 0.29) is 6.15 Å². The average Bonchev–Trinajstić information content (AvgIpc) is 2.35. The molecular formula is C11H28N2O7. The molecule has 0 saturated carbocycles. The predicted octanol–water partition coefficient (Wildman–Crippen LogP) is 0.114. The lowest BCUT2D eigenvalue weighted by Crippen LogP contribution is -2.12. The van der Waals surface area contributed by atoms with Crippen molar-refractivity contribution in [2.24, 2.45) is 5.73 Å². The first-order valence-electron chi connectivity index (χ1n) is 5.84. The summed E-state index contributed by atoms with van der Waals surface area (Å²) >= 11 is 0. The molecule has 0 aliphatic carbocycles.